The molecule has 84 valence electrons. The van der Waals surface area contributed by atoms with Gasteiger partial charge >= 0.3 is 0 Å². The molecule has 2 rings (SSSR count). The topological polar surface area (TPSA) is 56.2 Å². The maximum Gasteiger partial charge on any atom is 0.126 e. The summed E-state index contributed by atoms with van der Waals surface area (Å²) in [6.07, 6.45) is 0.754. The molecular formula is C13H15NO2. The van der Waals surface area contributed by atoms with Gasteiger partial charge in [0.15, 0.2) is 0 Å². The van der Waals surface area contributed by atoms with E-state index in [1.807, 2.05) is 18.2 Å². The first-order valence-electron chi connectivity index (χ1n) is 5.21. The number of aliphatic hydroxyl groups excluding tert-OH is 1. The molecule has 0 aliphatic carbocycles. The Morgan fingerprint density at radius 2 is 1.81 bits per heavy atom. The summed E-state index contributed by atoms with van der Waals surface area (Å²) in [6, 6.07) is 12.7. The summed E-state index contributed by atoms with van der Waals surface area (Å²) in [5.74, 6) is 0. The van der Waals surface area contributed by atoms with E-state index in [-0.39, 0.29) is 0 Å². The smallest absolute Gasteiger partial charge is 0.126 e. The van der Waals surface area contributed by atoms with Crippen LogP contribution >= 0.6 is 0 Å². The van der Waals surface area contributed by atoms with E-state index in [4.69, 9.17) is 0 Å². The van der Waals surface area contributed by atoms with Crippen LogP contribution in [-0.2, 0) is 5.60 Å². The third-order valence-electron chi connectivity index (χ3n) is 2.81. The van der Waals surface area contributed by atoms with Gasteiger partial charge < -0.3 is 15.2 Å². The number of benzene rings is 1. The number of nitrogens with one attached hydrogen (secondary N) is 1. The third-order valence-corrected chi connectivity index (χ3v) is 2.81. The Hall–Kier alpha value is -1.58. The fourth-order valence-electron chi connectivity index (χ4n) is 1.75. The molecule has 1 aromatic carbocycles. The Morgan fingerprint density at radius 3 is 2.38 bits per heavy atom. The molecule has 0 saturated carbocycles. The van der Waals surface area contributed by atoms with Crippen molar-refractivity contribution in [3.63, 3.8) is 0 Å². The Kier molecular flexibility index (Phi) is 2.81. The second kappa shape index (κ2) is 4.12. The van der Waals surface area contributed by atoms with Gasteiger partial charge in [-0.25, -0.2) is 0 Å². The molecule has 1 aromatic heterocycles. The number of rotatable bonds is 3. The summed E-state index contributed by atoms with van der Waals surface area (Å²) in [5.41, 5.74) is -0.00231. The SMILES string of the molecule is CC(O)(c1ccccc1)C(O)c1ccc[nH]1. The molecule has 0 aliphatic heterocycles. The van der Waals surface area contributed by atoms with E-state index in [1.54, 1.807) is 37.4 Å². The van der Waals surface area contributed by atoms with Crippen molar-refractivity contribution in [2.45, 2.75) is 18.6 Å². The minimum Gasteiger partial charge on any atom is -0.383 e. The van der Waals surface area contributed by atoms with Crippen LogP contribution in [0.3, 0.4) is 0 Å². The molecule has 0 saturated heterocycles. The fraction of sp³-hybridized carbons (Fsp3) is 0.231. The number of aliphatic hydroxyl groups is 2. The lowest BCUT2D eigenvalue weighted by atomic mass is 9.88. The Balaban J connectivity index is 2.32. The standard InChI is InChI=1S/C13H15NO2/c1-13(16,10-6-3-2-4-7-10)12(15)11-8-5-9-14-11/h2-9,12,14-16H,1H3. The van der Waals surface area contributed by atoms with Crippen LogP contribution in [0, 0.1) is 0 Å². The lowest BCUT2D eigenvalue weighted by molar-refractivity contribution is -0.0708. The van der Waals surface area contributed by atoms with Gasteiger partial charge in [-0.1, -0.05) is 30.3 Å². The van der Waals surface area contributed by atoms with Crippen LogP contribution in [0.5, 0.6) is 0 Å². The van der Waals surface area contributed by atoms with E-state index in [2.05, 4.69) is 4.98 Å². The second-order valence-corrected chi connectivity index (χ2v) is 4.04. The van der Waals surface area contributed by atoms with Crippen molar-refractivity contribution in [1.29, 1.82) is 0 Å². The minimum atomic E-state index is -1.30. The first kappa shape index (κ1) is 10.9. The summed E-state index contributed by atoms with van der Waals surface area (Å²) in [7, 11) is 0. The Labute approximate surface area is 94.4 Å². The van der Waals surface area contributed by atoms with Crippen LogP contribution in [0.2, 0.25) is 0 Å². The Bertz CT molecular complexity index is 434. The van der Waals surface area contributed by atoms with Gasteiger partial charge in [-0.2, -0.15) is 0 Å². The number of aromatic nitrogens is 1. The van der Waals surface area contributed by atoms with Crippen molar-refractivity contribution < 1.29 is 10.2 Å². The summed E-state index contributed by atoms with van der Waals surface area (Å²) in [5, 5.41) is 20.5. The fourth-order valence-corrected chi connectivity index (χ4v) is 1.75. The molecule has 2 atom stereocenters. The van der Waals surface area contributed by atoms with E-state index >= 15 is 0 Å². The molecular weight excluding hydrogens is 202 g/mol. The average Bonchev–Trinajstić information content (AvgIpc) is 2.82. The highest BCUT2D eigenvalue weighted by Crippen LogP contribution is 2.33. The van der Waals surface area contributed by atoms with Gasteiger partial charge in [-0.05, 0) is 24.6 Å². The quantitative estimate of drug-likeness (QED) is 0.736. The normalized spacial score (nSPS) is 16.7. The largest absolute Gasteiger partial charge is 0.383 e. The predicted octanol–water partition coefficient (Wildman–Crippen LogP) is 1.96. The molecule has 0 fully saturated rings. The molecule has 1 heterocycles. The zero-order chi connectivity index (χ0) is 11.6. The van der Waals surface area contributed by atoms with E-state index in [0.717, 1.165) is 0 Å². The first-order valence-corrected chi connectivity index (χ1v) is 5.21. The zero-order valence-corrected chi connectivity index (χ0v) is 9.09. The van der Waals surface area contributed by atoms with Crippen molar-refractivity contribution in [1.82, 2.24) is 4.98 Å². The summed E-state index contributed by atoms with van der Waals surface area (Å²) in [4.78, 5) is 2.90. The molecule has 0 spiro atoms. The minimum absolute atomic E-state index is 0.605. The van der Waals surface area contributed by atoms with Crippen molar-refractivity contribution in [2.24, 2.45) is 0 Å². The molecule has 3 nitrogen and oxygen atoms in total. The number of aromatic amines is 1. The molecule has 16 heavy (non-hydrogen) atoms. The highest BCUT2D eigenvalue weighted by molar-refractivity contribution is 5.25. The van der Waals surface area contributed by atoms with Gasteiger partial charge in [-0.3, -0.25) is 0 Å². The van der Waals surface area contributed by atoms with Crippen molar-refractivity contribution in [2.75, 3.05) is 0 Å². The molecule has 0 amide bonds. The molecule has 0 radical (unpaired) electrons. The highest BCUT2D eigenvalue weighted by atomic mass is 16.3. The summed E-state index contributed by atoms with van der Waals surface area (Å²) >= 11 is 0. The number of hydrogen-bond acceptors (Lipinski definition) is 2. The average molecular weight is 217 g/mol. The van der Waals surface area contributed by atoms with Gasteiger partial charge in [0.1, 0.15) is 11.7 Å². The molecule has 3 heteroatoms. The van der Waals surface area contributed by atoms with Crippen LogP contribution < -0.4 is 0 Å². The second-order valence-electron chi connectivity index (χ2n) is 4.04. The van der Waals surface area contributed by atoms with E-state index in [0.29, 0.717) is 11.3 Å². The van der Waals surface area contributed by atoms with E-state index < -0.39 is 11.7 Å². The van der Waals surface area contributed by atoms with Crippen molar-refractivity contribution in [3.8, 4) is 0 Å². The lowest BCUT2D eigenvalue weighted by Crippen LogP contribution is -2.30. The highest BCUT2D eigenvalue weighted by Gasteiger charge is 2.33. The van der Waals surface area contributed by atoms with Gasteiger partial charge in [0.2, 0.25) is 0 Å². The van der Waals surface area contributed by atoms with Crippen LogP contribution in [0.1, 0.15) is 24.3 Å². The lowest BCUT2D eigenvalue weighted by Gasteiger charge is -2.29. The molecule has 2 aromatic rings. The number of hydrogen-bond donors (Lipinski definition) is 3. The van der Waals surface area contributed by atoms with Gasteiger partial charge in [0, 0.05) is 11.9 Å². The van der Waals surface area contributed by atoms with Crippen molar-refractivity contribution in [3.05, 3.63) is 59.9 Å². The third kappa shape index (κ3) is 1.87. The number of H-pyrrole nitrogens is 1. The van der Waals surface area contributed by atoms with E-state index in [9.17, 15) is 10.2 Å². The van der Waals surface area contributed by atoms with Gasteiger partial charge in [0.25, 0.3) is 0 Å². The van der Waals surface area contributed by atoms with Crippen molar-refractivity contribution >= 4 is 0 Å². The Morgan fingerprint density at radius 1 is 1.12 bits per heavy atom. The first-order chi connectivity index (χ1) is 7.62. The molecule has 0 aliphatic rings. The monoisotopic (exact) mass is 217 g/mol. The van der Waals surface area contributed by atoms with E-state index in [1.165, 1.54) is 0 Å². The van der Waals surface area contributed by atoms with Crippen LogP contribution in [0.15, 0.2) is 48.7 Å². The molecule has 0 bridgehead atoms. The summed E-state index contributed by atoms with van der Waals surface area (Å²) in [6.45, 7) is 1.60. The molecule has 2 unspecified atom stereocenters. The van der Waals surface area contributed by atoms with Crippen LogP contribution in [0.25, 0.3) is 0 Å². The maximum absolute atomic E-state index is 10.4. The molecule has 3 N–H and O–H groups in total. The zero-order valence-electron chi connectivity index (χ0n) is 9.09. The van der Waals surface area contributed by atoms with Crippen LogP contribution in [0.4, 0.5) is 0 Å². The van der Waals surface area contributed by atoms with Crippen LogP contribution in [-0.4, -0.2) is 15.2 Å². The predicted molar refractivity (Wildman–Crippen MR) is 61.8 cm³/mol. The maximum atomic E-state index is 10.4. The van der Waals surface area contributed by atoms with Gasteiger partial charge in [0.05, 0.1) is 0 Å². The summed E-state index contributed by atoms with van der Waals surface area (Å²) < 4.78 is 0. The van der Waals surface area contributed by atoms with Gasteiger partial charge in [-0.15, -0.1) is 0 Å².